The van der Waals surface area contributed by atoms with Crippen molar-refractivity contribution in [1.82, 2.24) is 24.6 Å². The molecule has 5 aromatic rings. The normalized spacial score (nSPS) is 16.8. The number of carboxylic acids is 1. The molecule has 3 heterocycles. The Morgan fingerprint density at radius 1 is 1.00 bits per heavy atom. The van der Waals surface area contributed by atoms with Crippen molar-refractivity contribution in [2.24, 2.45) is 0 Å². The number of halogens is 1. The first-order valence-corrected chi connectivity index (χ1v) is 14.9. The van der Waals surface area contributed by atoms with E-state index in [1.807, 2.05) is 65.2 Å². The van der Waals surface area contributed by atoms with Crippen molar-refractivity contribution < 1.29 is 19.8 Å². The van der Waals surface area contributed by atoms with E-state index in [1.54, 1.807) is 0 Å². The molecular formula is C33H32BrN5O4. The molecule has 1 unspecified atom stereocenters. The Balaban J connectivity index is 1.54. The SMILES string of the molecule is CC(C)(C)c1cccc(Cn2c(-c3n[nH]c4cc(Br)ccc34)nc3c2CN(C(=O)O)C(Cc2ccccc2)(C(=O)O)C3)c1. The molecule has 0 aliphatic carbocycles. The Kier molecular flexibility index (Phi) is 7.12. The summed E-state index contributed by atoms with van der Waals surface area (Å²) in [5, 5.41) is 29.6. The summed E-state index contributed by atoms with van der Waals surface area (Å²) in [7, 11) is 0. The molecule has 0 saturated heterocycles. The van der Waals surface area contributed by atoms with E-state index in [0.29, 0.717) is 29.5 Å². The molecule has 0 radical (unpaired) electrons. The van der Waals surface area contributed by atoms with Gasteiger partial charge in [-0.25, -0.2) is 14.6 Å². The fourth-order valence-corrected chi connectivity index (χ4v) is 6.33. The van der Waals surface area contributed by atoms with Gasteiger partial charge >= 0.3 is 12.1 Å². The van der Waals surface area contributed by atoms with E-state index in [1.165, 1.54) is 5.56 Å². The molecular weight excluding hydrogens is 610 g/mol. The van der Waals surface area contributed by atoms with E-state index < -0.39 is 17.6 Å². The Hall–Kier alpha value is -4.44. The van der Waals surface area contributed by atoms with Crippen LogP contribution in [0.1, 0.15) is 48.8 Å². The van der Waals surface area contributed by atoms with Crippen molar-refractivity contribution in [2.75, 3.05) is 0 Å². The molecule has 0 spiro atoms. The summed E-state index contributed by atoms with van der Waals surface area (Å²) < 4.78 is 2.90. The highest BCUT2D eigenvalue weighted by Gasteiger charge is 2.52. The molecule has 0 bridgehead atoms. The fraction of sp³-hybridized carbons (Fsp3) is 0.273. The molecule has 9 nitrogen and oxygen atoms in total. The molecule has 220 valence electrons. The number of carbonyl (C=O) groups is 2. The monoisotopic (exact) mass is 641 g/mol. The third-order valence-corrected chi connectivity index (χ3v) is 8.77. The van der Waals surface area contributed by atoms with Gasteiger partial charge in [-0.2, -0.15) is 5.10 Å². The minimum absolute atomic E-state index is 0.0180. The Morgan fingerprint density at radius 3 is 2.44 bits per heavy atom. The first-order chi connectivity index (χ1) is 20.5. The van der Waals surface area contributed by atoms with Crippen LogP contribution in [0.2, 0.25) is 0 Å². The number of carboxylic acid groups (broad SMARTS) is 2. The largest absolute Gasteiger partial charge is 0.479 e. The lowest BCUT2D eigenvalue weighted by molar-refractivity contribution is -0.151. The number of hydrogen-bond donors (Lipinski definition) is 3. The van der Waals surface area contributed by atoms with Gasteiger partial charge in [0, 0.05) is 29.2 Å². The van der Waals surface area contributed by atoms with Gasteiger partial charge in [-0.15, -0.1) is 0 Å². The van der Waals surface area contributed by atoms with Gasteiger partial charge in [-0.3, -0.25) is 10.00 Å². The maximum atomic E-state index is 13.0. The van der Waals surface area contributed by atoms with Crippen molar-refractivity contribution in [3.05, 3.63) is 105 Å². The topological polar surface area (TPSA) is 124 Å². The van der Waals surface area contributed by atoms with Crippen molar-refractivity contribution in [3.8, 4) is 11.5 Å². The second-order valence-electron chi connectivity index (χ2n) is 12.2. The first kappa shape index (κ1) is 28.7. The van der Waals surface area contributed by atoms with Gasteiger partial charge in [-0.1, -0.05) is 91.3 Å². The van der Waals surface area contributed by atoms with E-state index in [2.05, 4.69) is 59.0 Å². The Bertz CT molecular complexity index is 1860. The number of fused-ring (bicyclic) bond motifs is 2. The summed E-state index contributed by atoms with van der Waals surface area (Å²) >= 11 is 3.51. The lowest BCUT2D eigenvalue weighted by Gasteiger charge is -2.42. The van der Waals surface area contributed by atoms with E-state index in [-0.39, 0.29) is 24.8 Å². The minimum Gasteiger partial charge on any atom is -0.479 e. The number of amides is 1. The van der Waals surface area contributed by atoms with Crippen molar-refractivity contribution >= 4 is 38.9 Å². The lowest BCUT2D eigenvalue weighted by Crippen LogP contribution is -2.61. The standard InChI is InChI=1S/C33H32BrN5O4/c1-32(2,3)22-11-7-10-21(14-22)18-38-27-19-39(31(42)43)33(30(40)41,16-20-8-5-4-6-9-20)17-26(27)35-29(38)28-24-13-12-23(34)15-25(24)36-37-28/h4-15H,16-19H2,1-3H3,(H,36,37)(H,40,41)(H,42,43). The van der Waals surface area contributed by atoms with E-state index in [0.717, 1.165) is 31.4 Å². The smallest absolute Gasteiger partial charge is 0.408 e. The highest BCUT2D eigenvalue weighted by molar-refractivity contribution is 9.10. The summed E-state index contributed by atoms with van der Waals surface area (Å²) in [4.78, 5) is 31.8. The zero-order chi connectivity index (χ0) is 30.5. The van der Waals surface area contributed by atoms with Crippen molar-refractivity contribution in [2.45, 2.75) is 57.7 Å². The molecule has 6 rings (SSSR count). The van der Waals surface area contributed by atoms with Crippen molar-refractivity contribution in [3.63, 3.8) is 0 Å². The van der Waals surface area contributed by atoms with Crippen LogP contribution >= 0.6 is 15.9 Å². The quantitative estimate of drug-likeness (QED) is 0.191. The maximum Gasteiger partial charge on any atom is 0.408 e. The van der Waals surface area contributed by atoms with Crippen LogP contribution in [-0.2, 0) is 36.1 Å². The van der Waals surface area contributed by atoms with Crippen LogP contribution in [0.3, 0.4) is 0 Å². The van der Waals surface area contributed by atoms with Crippen molar-refractivity contribution in [1.29, 1.82) is 0 Å². The minimum atomic E-state index is -1.72. The Morgan fingerprint density at radius 2 is 1.74 bits per heavy atom. The number of aromatic nitrogens is 4. The molecule has 10 heteroatoms. The number of rotatable bonds is 6. The van der Waals surface area contributed by atoms with Crippen LogP contribution < -0.4 is 0 Å². The second-order valence-corrected chi connectivity index (χ2v) is 13.1. The van der Waals surface area contributed by atoms with Gasteiger partial charge < -0.3 is 14.8 Å². The molecule has 1 amide bonds. The molecule has 0 fully saturated rings. The molecule has 1 atom stereocenters. The van der Waals surface area contributed by atoms with Crippen LogP contribution in [0.25, 0.3) is 22.4 Å². The molecule has 2 aromatic heterocycles. The van der Waals surface area contributed by atoms with Gasteiger partial charge in [0.15, 0.2) is 11.4 Å². The zero-order valence-corrected chi connectivity index (χ0v) is 25.7. The van der Waals surface area contributed by atoms with Crippen LogP contribution in [-0.4, -0.2) is 52.5 Å². The molecule has 1 aliphatic rings. The van der Waals surface area contributed by atoms with Crippen LogP contribution in [0.4, 0.5) is 4.79 Å². The van der Waals surface area contributed by atoms with Gasteiger partial charge in [-0.05, 0) is 40.3 Å². The third-order valence-electron chi connectivity index (χ3n) is 8.28. The number of imidazole rings is 1. The number of nitrogens with one attached hydrogen (secondary N) is 1. The summed E-state index contributed by atoms with van der Waals surface area (Å²) in [5.74, 6) is -0.639. The predicted molar refractivity (Wildman–Crippen MR) is 167 cm³/mol. The first-order valence-electron chi connectivity index (χ1n) is 14.1. The number of benzene rings is 3. The molecule has 1 aliphatic heterocycles. The number of nitrogens with zero attached hydrogens (tertiary/aromatic N) is 4. The zero-order valence-electron chi connectivity index (χ0n) is 24.1. The van der Waals surface area contributed by atoms with Crippen LogP contribution in [0.5, 0.6) is 0 Å². The second kappa shape index (κ2) is 10.7. The number of aromatic amines is 1. The molecule has 43 heavy (non-hydrogen) atoms. The average molecular weight is 643 g/mol. The fourth-order valence-electron chi connectivity index (χ4n) is 5.97. The maximum absolute atomic E-state index is 13.0. The Labute approximate surface area is 257 Å². The third kappa shape index (κ3) is 5.20. The van der Waals surface area contributed by atoms with Gasteiger partial charge in [0.2, 0.25) is 0 Å². The van der Waals surface area contributed by atoms with Crippen LogP contribution in [0, 0.1) is 0 Å². The average Bonchev–Trinajstić information content (AvgIpc) is 3.52. The molecule has 0 saturated carbocycles. The number of aliphatic carboxylic acids is 1. The summed E-state index contributed by atoms with van der Waals surface area (Å²) in [6, 6.07) is 23.3. The van der Waals surface area contributed by atoms with Gasteiger partial charge in [0.05, 0.1) is 23.4 Å². The van der Waals surface area contributed by atoms with E-state index in [9.17, 15) is 19.8 Å². The molecule has 3 aromatic carbocycles. The predicted octanol–water partition coefficient (Wildman–Crippen LogP) is 6.64. The number of hydrogen-bond acceptors (Lipinski definition) is 4. The van der Waals surface area contributed by atoms with E-state index in [4.69, 9.17) is 4.98 Å². The van der Waals surface area contributed by atoms with E-state index >= 15 is 0 Å². The summed E-state index contributed by atoms with van der Waals surface area (Å²) in [6.45, 7) is 6.77. The van der Waals surface area contributed by atoms with Crippen LogP contribution in [0.15, 0.2) is 77.3 Å². The highest BCUT2D eigenvalue weighted by atomic mass is 79.9. The summed E-state index contributed by atoms with van der Waals surface area (Å²) in [6.07, 6.45) is -1.35. The lowest BCUT2D eigenvalue weighted by atomic mass is 9.81. The van der Waals surface area contributed by atoms with Gasteiger partial charge in [0.25, 0.3) is 0 Å². The summed E-state index contributed by atoms with van der Waals surface area (Å²) in [5.41, 5.74) is 3.83. The van der Waals surface area contributed by atoms with Gasteiger partial charge in [0.1, 0.15) is 5.69 Å². The number of H-pyrrole nitrogens is 1. The highest BCUT2D eigenvalue weighted by Crippen LogP contribution is 2.38. The molecule has 3 N–H and O–H groups in total.